The predicted molar refractivity (Wildman–Crippen MR) is 73.0 cm³/mol. The smallest absolute Gasteiger partial charge is 0.423 e. The van der Waals surface area contributed by atoms with Crippen LogP contribution in [-0.4, -0.2) is 62.0 Å². The van der Waals surface area contributed by atoms with Crippen LogP contribution in [0.4, 0.5) is 18.9 Å². The zero-order valence-corrected chi connectivity index (χ0v) is 12.5. The van der Waals surface area contributed by atoms with E-state index >= 15 is 0 Å². The van der Waals surface area contributed by atoms with Crippen molar-refractivity contribution in [3.05, 3.63) is 33.9 Å². The number of nitrogens with zero attached hydrogens (tertiary/aromatic N) is 1. The normalized spacial score (nSPS) is 29.2. The molecule has 26 heavy (non-hydrogen) atoms. The second kappa shape index (κ2) is 7.03. The Morgan fingerprint density at radius 2 is 1.81 bits per heavy atom. The number of hydrogen-bond acceptors (Lipinski definition) is 8. The van der Waals surface area contributed by atoms with Crippen molar-refractivity contribution in [3.63, 3.8) is 0 Å². The Morgan fingerprint density at radius 1 is 1.19 bits per heavy atom. The van der Waals surface area contributed by atoms with Gasteiger partial charge < -0.3 is 29.9 Å². The topological polar surface area (TPSA) is 160 Å². The summed E-state index contributed by atoms with van der Waals surface area (Å²) in [5.74, 6) is -2.35. The highest BCUT2D eigenvalue weighted by atomic mass is 19.4. The molecule has 1 aliphatic heterocycles. The first-order chi connectivity index (χ1) is 11.9. The lowest BCUT2D eigenvalue weighted by Gasteiger charge is -2.38. The molecule has 5 atom stereocenters. The molecule has 1 saturated heterocycles. The third-order valence-electron chi connectivity index (χ3n) is 3.54. The summed E-state index contributed by atoms with van der Waals surface area (Å²) in [4.78, 5) is 20.4. The number of hydrogen-bond donors (Lipinski definition) is 4. The van der Waals surface area contributed by atoms with Gasteiger partial charge in [0.15, 0.2) is 6.10 Å². The van der Waals surface area contributed by atoms with E-state index in [0.29, 0.717) is 6.07 Å². The van der Waals surface area contributed by atoms with Crippen LogP contribution in [0.15, 0.2) is 18.2 Å². The van der Waals surface area contributed by atoms with Crippen molar-refractivity contribution < 1.29 is 52.8 Å². The highest BCUT2D eigenvalue weighted by molar-refractivity contribution is 5.73. The summed E-state index contributed by atoms with van der Waals surface area (Å²) in [5.41, 5.74) is -2.88. The van der Waals surface area contributed by atoms with Crippen LogP contribution in [0, 0.1) is 10.1 Å². The Labute approximate surface area is 142 Å². The van der Waals surface area contributed by atoms with E-state index in [2.05, 4.69) is 0 Å². The number of nitro groups is 1. The number of carboxylic acid groups (broad SMARTS) is 1. The van der Waals surface area contributed by atoms with Crippen molar-refractivity contribution >= 4 is 11.7 Å². The standard InChI is InChI=1S/C13H12F3NO9/c14-13(15,16)5-3-4(1-2-6(5)17(23)24)25-12-9(20)7(18)8(19)10(26-12)11(21)22/h1-3,7-10,12,18-20H,(H,21,22)/t7-,8-,9+,10-,12?/m0/s1. The lowest BCUT2D eigenvalue weighted by atomic mass is 9.99. The van der Waals surface area contributed by atoms with E-state index in [1.54, 1.807) is 0 Å². The summed E-state index contributed by atoms with van der Waals surface area (Å²) >= 11 is 0. The number of carboxylic acids is 1. The van der Waals surface area contributed by atoms with Crippen molar-refractivity contribution in [1.82, 2.24) is 0 Å². The molecule has 0 aromatic heterocycles. The molecule has 1 aliphatic rings. The number of aliphatic hydroxyl groups is 3. The largest absolute Gasteiger partial charge is 0.479 e. The average Bonchev–Trinajstić information content (AvgIpc) is 2.54. The summed E-state index contributed by atoms with van der Waals surface area (Å²) in [5, 5.41) is 48.5. The van der Waals surface area contributed by atoms with Gasteiger partial charge in [0.2, 0.25) is 6.29 Å². The number of rotatable bonds is 4. The van der Waals surface area contributed by atoms with Crippen LogP contribution in [0.3, 0.4) is 0 Å². The Morgan fingerprint density at radius 3 is 2.31 bits per heavy atom. The molecule has 0 bridgehead atoms. The highest BCUT2D eigenvalue weighted by Gasteiger charge is 2.48. The minimum atomic E-state index is -5.09. The third-order valence-corrected chi connectivity index (χ3v) is 3.54. The molecule has 1 aromatic rings. The molecule has 0 spiro atoms. The summed E-state index contributed by atoms with van der Waals surface area (Å²) in [7, 11) is 0. The zero-order valence-electron chi connectivity index (χ0n) is 12.5. The number of ether oxygens (including phenoxy) is 2. The van der Waals surface area contributed by atoms with E-state index in [1.807, 2.05) is 0 Å². The number of aliphatic carboxylic acids is 1. The monoisotopic (exact) mass is 383 g/mol. The van der Waals surface area contributed by atoms with Gasteiger partial charge in [-0.25, -0.2) is 4.79 Å². The molecule has 0 radical (unpaired) electrons. The van der Waals surface area contributed by atoms with Crippen LogP contribution in [0.25, 0.3) is 0 Å². The van der Waals surface area contributed by atoms with Crippen molar-refractivity contribution in [2.75, 3.05) is 0 Å². The number of aliphatic hydroxyl groups excluding tert-OH is 3. The van der Waals surface area contributed by atoms with Crippen molar-refractivity contribution in [3.8, 4) is 5.75 Å². The van der Waals surface area contributed by atoms with Crippen LogP contribution in [-0.2, 0) is 15.7 Å². The first-order valence-corrected chi connectivity index (χ1v) is 6.88. The molecule has 13 heteroatoms. The molecule has 2 rings (SSSR count). The molecule has 10 nitrogen and oxygen atoms in total. The molecule has 1 fully saturated rings. The Hall–Kier alpha value is -2.48. The fraction of sp³-hybridized carbons (Fsp3) is 0.462. The van der Waals surface area contributed by atoms with Gasteiger partial charge in [-0.05, 0) is 12.1 Å². The maximum Gasteiger partial charge on any atom is 0.423 e. The summed E-state index contributed by atoms with van der Waals surface area (Å²) < 4.78 is 48.5. The fourth-order valence-corrected chi connectivity index (χ4v) is 2.26. The highest BCUT2D eigenvalue weighted by Crippen LogP contribution is 2.38. The average molecular weight is 383 g/mol. The maximum absolute atomic E-state index is 12.9. The molecule has 1 aromatic carbocycles. The molecule has 144 valence electrons. The number of alkyl halides is 3. The van der Waals surface area contributed by atoms with Crippen LogP contribution in [0.1, 0.15) is 5.56 Å². The number of halogens is 3. The molecule has 1 unspecified atom stereocenters. The second-order valence-corrected chi connectivity index (χ2v) is 5.29. The van der Waals surface area contributed by atoms with Crippen LogP contribution >= 0.6 is 0 Å². The SMILES string of the molecule is O=C(O)[C@H]1OC(Oc2ccc([N+](=O)[O-])c(C(F)(F)F)c2)[C@H](O)[C@@H](O)[C@@H]1O. The van der Waals surface area contributed by atoms with Gasteiger partial charge in [-0.2, -0.15) is 13.2 Å². The minimum absolute atomic E-state index is 0.265. The Bertz CT molecular complexity index is 711. The van der Waals surface area contributed by atoms with Gasteiger partial charge in [-0.1, -0.05) is 0 Å². The molecular formula is C13H12F3NO9. The number of nitro benzene ring substituents is 1. The molecule has 0 amide bonds. The van der Waals surface area contributed by atoms with Crippen LogP contribution in [0.5, 0.6) is 5.75 Å². The Kier molecular flexibility index (Phi) is 5.36. The van der Waals surface area contributed by atoms with Gasteiger partial charge in [-0.15, -0.1) is 0 Å². The minimum Gasteiger partial charge on any atom is -0.479 e. The first-order valence-electron chi connectivity index (χ1n) is 6.88. The first kappa shape index (κ1) is 19.8. The summed E-state index contributed by atoms with van der Waals surface area (Å²) in [6.07, 6.45) is -15.1. The van der Waals surface area contributed by atoms with Crippen LogP contribution in [0.2, 0.25) is 0 Å². The van der Waals surface area contributed by atoms with E-state index in [1.165, 1.54) is 0 Å². The van der Waals surface area contributed by atoms with Gasteiger partial charge in [0.1, 0.15) is 29.6 Å². The molecule has 1 heterocycles. The van der Waals surface area contributed by atoms with Crippen molar-refractivity contribution in [1.29, 1.82) is 0 Å². The van der Waals surface area contributed by atoms with E-state index in [4.69, 9.17) is 14.6 Å². The van der Waals surface area contributed by atoms with Gasteiger partial charge in [0.25, 0.3) is 5.69 Å². The van der Waals surface area contributed by atoms with E-state index < -0.39 is 64.8 Å². The van der Waals surface area contributed by atoms with Gasteiger partial charge in [-0.3, -0.25) is 10.1 Å². The zero-order chi connectivity index (χ0) is 19.8. The van der Waals surface area contributed by atoms with Gasteiger partial charge >= 0.3 is 12.1 Å². The van der Waals surface area contributed by atoms with Gasteiger partial charge in [0.05, 0.1) is 4.92 Å². The van der Waals surface area contributed by atoms with E-state index in [9.17, 15) is 43.4 Å². The number of carbonyl (C=O) groups is 1. The lowest BCUT2D eigenvalue weighted by molar-refractivity contribution is -0.388. The Balaban J connectivity index is 2.32. The second-order valence-electron chi connectivity index (χ2n) is 5.29. The molecule has 0 aliphatic carbocycles. The quantitative estimate of drug-likeness (QED) is 0.411. The lowest BCUT2D eigenvalue weighted by Crippen LogP contribution is -2.61. The van der Waals surface area contributed by atoms with Crippen molar-refractivity contribution in [2.45, 2.75) is 36.9 Å². The maximum atomic E-state index is 12.9. The van der Waals surface area contributed by atoms with E-state index in [0.717, 1.165) is 6.07 Å². The van der Waals surface area contributed by atoms with Crippen molar-refractivity contribution in [2.24, 2.45) is 0 Å². The summed E-state index contributed by atoms with van der Waals surface area (Å²) in [6, 6.07) is 1.55. The number of benzene rings is 1. The molecular weight excluding hydrogens is 371 g/mol. The summed E-state index contributed by atoms with van der Waals surface area (Å²) in [6.45, 7) is 0. The van der Waals surface area contributed by atoms with Crippen LogP contribution < -0.4 is 4.74 Å². The molecule has 0 saturated carbocycles. The van der Waals surface area contributed by atoms with Gasteiger partial charge in [0, 0.05) is 6.07 Å². The molecule has 4 N–H and O–H groups in total. The predicted octanol–water partition coefficient (Wildman–Crippen LogP) is -0.115. The van der Waals surface area contributed by atoms with E-state index in [-0.39, 0.29) is 6.07 Å². The third kappa shape index (κ3) is 3.85. The fourth-order valence-electron chi connectivity index (χ4n) is 2.26.